The van der Waals surface area contributed by atoms with Crippen LogP contribution in [0.15, 0.2) is 60.4 Å². The van der Waals surface area contributed by atoms with E-state index in [0.29, 0.717) is 11.3 Å². The normalized spacial score (nSPS) is 17.2. The lowest BCUT2D eigenvalue weighted by atomic mass is 9.95. The van der Waals surface area contributed by atoms with Crippen molar-refractivity contribution in [3.63, 3.8) is 0 Å². The summed E-state index contributed by atoms with van der Waals surface area (Å²) in [5.74, 6) is -1.93. The molecule has 0 aliphatic carbocycles. The fraction of sp³-hybridized carbons (Fsp3) is 0.160. The van der Waals surface area contributed by atoms with Crippen LogP contribution in [0, 0.1) is 6.92 Å². The zero-order valence-corrected chi connectivity index (χ0v) is 20.0. The van der Waals surface area contributed by atoms with Crippen molar-refractivity contribution in [2.24, 2.45) is 0 Å². The van der Waals surface area contributed by atoms with Crippen LogP contribution in [-0.2, 0) is 9.59 Å². The van der Waals surface area contributed by atoms with E-state index in [4.69, 9.17) is 32.7 Å². The number of carbonyl (C=O) groups excluding carboxylic acids is 2. The number of pyridine rings is 1. The molecule has 1 atom stereocenters. The highest BCUT2D eigenvalue weighted by atomic mass is 35.5. The van der Waals surface area contributed by atoms with Gasteiger partial charge in [-0.05, 0) is 36.8 Å². The van der Waals surface area contributed by atoms with Crippen molar-refractivity contribution < 1.29 is 24.2 Å². The number of aliphatic hydroxyl groups excluding tert-OH is 1. The van der Waals surface area contributed by atoms with E-state index in [1.165, 1.54) is 31.4 Å². The molecule has 4 rings (SSSR count). The summed E-state index contributed by atoms with van der Waals surface area (Å²) in [4.78, 5) is 32.0. The van der Waals surface area contributed by atoms with Gasteiger partial charge in [0.1, 0.15) is 10.8 Å². The molecule has 3 aromatic rings. The third-order valence-electron chi connectivity index (χ3n) is 5.55. The molecule has 1 aliphatic rings. The summed E-state index contributed by atoms with van der Waals surface area (Å²) in [6, 6.07) is 11.0. The van der Waals surface area contributed by atoms with Gasteiger partial charge in [-0.25, -0.2) is 0 Å². The van der Waals surface area contributed by atoms with E-state index in [1.54, 1.807) is 30.5 Å². The molecule has 0 bridgehead atoms. The summed E-state index contributed by atoms with van der Waals surface area (Å²) in [5, 5.41) is 11.5. The molecule has 1 amide bonds. The van der Waals surface area contributed by atoms with E-state index in [9.17, 15) is 14.7 Å². The van der Waals surface area contributed by atoms with Crippen molar-refractivity contribution in [1.29, 1.82) is 0 Å². The SMILES string of the molecule is COc1c(Cl)cc(/C(O)=C2\C(=O)C(=O)N(c3ccc(C)cc3)C2c2cccnc2)c(OC)c1Cl. The van der Waals surface area contributed by atoms with Crippen LogP contribution in [0.2, 0.25) is 10.0 Å². The second-order valence-corrected chi connectivity index (χ2v) is 8.36. The molecule has 174 valence electrons. The van der Waals surface area contributed by atoms with Crippen LogP contribution in [0.4, 0.5) is 5.69 Å². The number of rotatable bonds is 5. The van der Waals surface area contributed by atoms with Gasteiger partial charge < -0.3 is 14.6 Å². The highest BCUT2D eigenvalue weighted by molar-refractivity contribution is 6.52. The van der Waals surface area contributed by atoms with Crippen molar-refractivity contribution in [3.8, 4) is 11.5 Å². The Labute approximate surface area is 206 Å². The Balaban J connectivity index is 2.00. The van der Waals surface area contributed by atoms with Gasteiger partial charge in [-0.3, -0.25) is 19.5 Å². The average molecular weight is 499 g/mol. The van der Waals surface area contributed by atoms with Gasteiger partial charge in [0.15, 0.2) is 11.5 Å². The quantitative estimate of drug-likeness (QED) is 0.290. The molecule has 7 nitrogen and oxygen atoms in total. The molecule has 0 spiro atoms. The second-order valence-electron chi connectivity index (χ2n) is 7.58. The molecule has 1 aliphatic heterocycles. The number of ether oxygens (including phenoxy) is 2. The van der Waals surface area contributed by atoms with Crippen LogP contribution in [0.25, 0.3) is 5.76 Å². The number of halogens is 2. The van der Waals surface area contributed by atoms with Gasteiger partial charge in [0.25, 0.3) is 11.7 Å². The summed E-state index contributed by atoms with van der Waals surface area (Å²) >= 11 is 12.7. The third kappa shape index (κ3) is 3.87. The molecule has 1 N–H and O–H groups in total. The fourth-order valence-corrected chi connectivity index (χ4v) is 4.64. The Kier molecular flexibility index (Phi) is 6.50. The molecule has 0 saturated carbocycles. The maximum atomic E-state index is 13.3. The summed E-state index contributed by atoms with van der Waals surface area (Å²) in [5.41, 5.74) is 1.93. The van der Waals surface area contributed by atoms with E-state index < -0.39 is 23.5 Å². The number of ketones is 1. The van der Waals surface area contributed by atoms with Crippen LogP contribution >= 0.6 is 23.2 Å². The number of aliphatic hydroxyl groups is 1. The van der Waals surface area contributed by atoms with Gasteiger partial charge in [-0.2, -0.15) is 0 Å². The van der Waals surface area contributed by atoms with Crippen molar-refractivity contribution in [1.82, 2.24) is 4.98 Å². The Morgan fingerprint density at radius 2 is 1.74 bits per heavy atom. The summed E-state index contributed by atoms with van der Waals surface area (Å²) in [6.07, 6.45) is 3.11. The summed E-state index contributed by atoms with van der Waals surface area (Å²) in [7, 11) is 2.75. The number of nitrogens with zero attached hydrogens (tertiary/aromatic N) is 2. The van der Waals surface area contributed by atoms with Crippen molar-refractivity contribution >= 4 is 46.3 Å². The zero-order chi connectivity index (χ0) is 24.6. The molecule has 2 heterocycles. The highest BCUT2D eigenvalue weighted by Gasteiger charge is 2.47. The molecular weight excluding hydrogens is 479 g/mol. The van der Waals surface area contributed by atoms with Crippen LogP contribution in [0.1, 0.15) is 22.7 Å². The number of anilines is 1. The first-order chi connectivity index (χ1) is 16.3. The summed E-state index contributed by atoms with van der Waals surface area (Å²) in [6.45, 7) is 1.92. The predicted octanol–water partition coefficient (Wildman–Crippen LogP) is 5.34. The predicted molar refractivity (Wildman–Crippen MR) is 130 cm³/mol. The lowest BCUT2D eigenvalue weighted by Crippen LogP contribution is -2.29. The van der Waals surface area contributed by atoms with Gasteiger partial charge in [-0.1, -0.05) is 47.0 Å². The Morgan fingerprint density at radius 1 is 1.06 bits per heavy atom. The maximum absolute atomic E-state index is 13.3. The number of hydrogen-bond donors (Lipinski definition) is 1. The third-order valence-corrected chi connectivity index (χ3v) is 6.18. The number of benzene rings is 2. The number of Topliss-reactive ketones (excluding diaryl/α,β-unsaturated/α-hetero) is 1. The van der Waals surface area contributed by atoms with E-state index in [2.05, 4.69) is 4.98 Å². The lowest BCUT2D eigenvalue weighted by Gasteiger charge is -2.25. The maximum Gasteiger partial charge on any atom is 0.300 e. The van der Waals surface area contributed by atoms with E-state index in [0.717, 1.165) is 5.56 Å². The average Bonchev–Trinajstić information content (AvgIpc) is 3.10. The standard InChI is InChI=1S/C25H20Cl2N2O5/c1-13-6-8-15(9-7-13)29-20(14-5-4-10-28-12-14)18(22(31)25(29)32)21(30)16-11-17(26)24(34-3)19(27)23(16)33-2/h4-12,20,30H,1-3H3/b21-18+. The van der Waals surface area contributed by atoms with Crippen LogP contribution in [0.5, 0.6) is 11.5 Å². The highest BCUT2D eigenvalue weighted by Crippen LogP contribution is 2.47. The number of carbonyl (C=O) groups is 2. The van der Waals surface area contributed by atoms with Crippen molar-refractivity contribution in [2.75, 3.05) is 19.1 Å². The first kappa shape index (κ1) is 23.6. The largest absolute Gasteiger partial charge is 0.507 e. The molecule has 9 heteroatoms. The van der Waals surface area contributed by atoms with Gasteiger partial charge in [0.2, 0.25) is 0 Å². The smallest absolute Gasteiger partial charge is 0.300 e. The van der Waals surface area contributed by atoms with E-state index >= 15 is 0 Å². The molecule has 2 aromatic carbocycles. The number of aromatic nitrogens is 1. The minimum Gasteiger partial charge on any atom is -0.507 e. The first-order valence-corrected chi connectivity index (χ1v) is 10.9. The van der Waals surface area contributed by atoms with Gasteiger partial charge >= 0.3 is 0 Å². The first-order valence-electron chi connectivity index (χ1n) is 10.2. The molecule has 1 saturated heterocycles. The van der Waals surface area contributed by atoms with E-state index in [1.807, 2.05) is 19.1 Å². The zero-order valence-electron chi connectivity index (χ0n) is 18.5. The molecule has 1 fully saturated rings. The number of methoxy groups -OCH3 is 2. The van der Waals surface area contributed by atoms with Crippen molar-refractivity contribution in [3.05, 3.63) is 87.2 Å². The molecule has 34 heavy (non-hydrogen) atoms. The van der Waals surface area contributed by atoms with Crippen molar-refractivity contribution in [2.45, 2.75) is 13.0 Å². The summed E-state index contributed by atoms with van der Waals surface area (Å²) < 4.78 is 10.6. The molecule has 1 aromatic heterocycles. The Bertz CT molecular complexity index is 1310. The topological polar surface area (TPSA) is 89.0 Å². The Hall–Kier alpha value is -3.55. The number of amides is 1. The van der Waals surface area contributed by atoms with Crippen LogP contribution < -0.4 is 14.4 Å². The van der Waals surface area contributed by atoms with Gasteiger partial charge in [-0.15, -0.1) is 0 Å². The minimum absolute atomic E-state index is 0.0183. The monoisotopic (exact) mass is 498 g/mol. The van der Waals surface area contributed by atoms with Crippen LogP contribution in [0.3, 0.4) is 0 Å². The Morgan fingerprint density at radius 3 is 2.32 bits per heavy atom. The van der Waals surface area contributed by atoms with Gasteiger partial charge in [0, 0.05) is 18.1 Å². The molecule has 0 radical (unpaired) electrons. The lowest BCUT2D eigenvalue weighted by molar-refractivity contribution is -0.132. The second kappa shape index (κ2) is 9.37. The number of hydrogen-bond acceptors (Lipinski definition) is 6. The molecular formula is C25H20Cl2N2O5. The van der Waals surface area contributed by atoms with Gasteiger partial charge in [0.05, 0.1) is 36.4 Å². The number of aryl methyl sites for hydroxylation is 1. The van der Waals surface area contributed by atoms with Crippen LogP contribution in [-0.4, -0.2) is 36.0 Å². The minimum atomic E-state index is -0.944. The fourth-order valence-electron chi connectivity index (χ4n) is 3.95. The van der Waals surface area contributed by atoms with E-state index in [-0.39, 0.29) is 32.7 Å². The molecule has 1 unspecified atom stereocenters.